The molecule has 6 heteroatoms. The third kappa shape index (κ3) is 3.97. The fourth-order valence-corrected chi connectivity index (χ4v) is 4.05. The zero-order valence-corrected chi connectivity index (χ0v) is 16.7. The van der Waals surface area contributed by atoms with E-state index in [1.54, 1.807) is 10.7 Å². The number of nitrogens with one attached hydrogen (secondary N) is 2. The van der Waals surface area contributed by atoms with Crippen LogP contribution in [-0.4, -0.2) is 33.9 Å². The number of anilines is 1. The van der Waals surface area contributed by atoms with Crippen molar-refractivity contribution in [2.75, 3.05) is 18.0 Å². The smallest absolute Gasteiger partial charge is 0.267 e. The summed E-state index contributed by atoms with van der Waals surface area (Å²) in [5.41, 5.74) is 2.43. The minimum Gasteiger partial charge on any atom is -0.361 e. The highest BCUT2D eigenvalue weighted by Crippen LogP contribution is 2.22. The molecule has 3 heterocycles. The van der Waals surface area contributed by atoms with E-state index in [2.05, 4.69) is 44.6 Å². The quantitative estimate of drug-likeness (QED) is 0.688. The highest BCUT2D eigenvalue weighted by atomic mass is 16.1. The van der Waals surface area contributed by atoms with E-state index >= 15 is 0 Å². The summed E-state index contributed by atoms with van der Waals surface area (Å²) in [7, 11) is 0. The van der Waals surface area contributed by atoms with Gasteiger partial charge in [-0.3, -0.25) is 4.79 Å². The average Bonchev–Trinajstić information content (AvgIpc) is 3.16. The van der Waals surface area contributed by atoms with Crippen LogP contribution in [0.5, 0.6) is 0 Å². The van der Waals surface area contributed by atoms with E-state index in [9.17, 15) is 4.79 Å². The topological polar surface area (TPSA) is 66.0 Å². The number of aromatic amines is 1. The monoisotopic (exact) mass is 379 g/mol. The summed E-state index contributed by atoms with van der Waals surface area (Å²) < 4.78 is 1.58. The molecule has 0 amide bonds. The van der Waals surface area contributed by atoms with E-state index in [1.165, 1.54) is 29.3 Å². The minimum atomic E-state index is -0.0365. The molecule has 1 saturated heterocycles. The van der Waals surface area contributed by atoms with Gasteiger partial charge in [-0.15, -0.1) is 0 Å². The van der Waals surface area contributed by atoms with Crippen molar-refractivity contribution in [3.63, 3.8) is 0 Å². The molecule has 1 aromatic carbocycles. The van der Waals surface area contributed by atoms with Crippen LogP contribution >= 0.6 is 0 Å². The Bertz CT molecular complexity index is 990. The van der Waals surface area contributed by atoms with Crippen molar-refractivity contribution in [1.29, 1.82) is 0 Å². The van der Waals surface area contributed by atoms with Crippen LogP contribution in [0.3, 0.4) is 0 Å². The molecule has 1 aliphatic heterocycles. The Balaban J connectivity index is 1.43. The number of piperidine rings is 1. The van der Waals surface area contributed by atoms with E-state index in [0.29, 0.717) is 6.04 Å². The van der Waals surface area contributed by atoms with Crippen LogP contribution in [0, 0.1) is 0 Å². The fourth-order valence-electron chi connectivity index (χ4n) is 4.05. The van der Waals surface area contributed by atoms with Gasteiger partial charge in [0.1, 0.15) is 5.82 Å². The molecule has 0 radical (unpaired) electrons. The molecule has 0 bridgehead atoms. The maximum absolute atomic E-state index is 12.0. The SMILES string of the molecule is CC(C)n1nc(N2CCCCC2CNCc2ccc3[nH]ccc3c2)ccc1=O. The summed E-state index contributed by atoms with van der Waals surface area (Å²) in [5.74, 6) is 0.911. The molecule has 0 saturated carbocycles. The van der Waals surface area contributed by atoms with Gasteiger partial charge < -0.3 is 15.2 Å². The first kappa shape index (κ1) is 18.7. The van der Waals surface area contributed by atoms with Gasteiger partial charge in [0.25, 0.3) is 5.56 Å². The molecule has 1 unspecified atom stereocenters. The van der Waals surface area contributed by atoms with Crippen LogP contribution in [0.2, 0.25) is 0 Å². The third-order valence-corrected chi connectivity index (χ3v) is 5.55. The molecule has 3 aromatic rings. The zero-order chi connectivity index (χ0) is 19.5. The minimum absolute atomic E-state index is 0.0365. The highest BCUT2D eigenvalue weighted by molar-refractivity contribution is 5.79. The molecule has 28 heavy (non-hydrogen) atoms. The van der Waals surface area contributed by atoms with E-state index in [4.69, 9.17) is 0 Å². The Morgan fingerprint density at radius 2 is 2.11 bits per heavy atom. The lowest BCUT2D eigenvalue weighted by atomic mass is 10.0. The number of benzene rings is 1. The van der Waals surface area contributed by atoms with Gasteiger partial charge in [-0.25, -0.2) is 4.68 Å². The van der Waals surface area contributed by atoms with Crippen LogP contribution in [-0.2, 0) is 6.54 Å². The summed E-state index contributed by atoms with van der Waals surface area (Å²) in [6.45, 7) is 6.74. The standard InChI is InChI=1S/C22H29N5O/c1-16(2)27-22(28)9-8-21(25-27)26-12-4-3-5-19(26)15-23-14-17-6-7-20-18(13-17)10-11-24-20/h6-11,13,16,19,23-24H,3-5,12,14-15H2,1-2H3. The van der Waals surface area contributed by atoms with Crippen molar-refractivity contribution in [3.05, 3.63) is 58.5 Å². The molecule has 1 fully saturated rings. The van der Waals surface area contributed by atoms with Gasteiger partial charge in [-0.2, -0.15) is 5.10 Å². The number of H-pyrrole nitrogens is 1. The maximum Gasteiger partial charge on any atom is 0.267 e. The number of nitrogens with zero attached hydrogens (tertiary/aromatic N) is 3. The number of hydrogen-bond donors (Lipinski definition) is 2. The number of fused-ring (bicyclic) bond motifs is 1. The Labute approximate surface area is 165 Å². The first-order valence-corrected chi connectivity index (χ1v) is 10.2. The first-order valence-electron chi connectivity index (χ1n) is 10.2. The van der Waals surface area contributed by atoms with Crippen LogP contribution in [0.1, 0.15) is 44.7 Å². The fraction of sp³-hybridized carbons (Fsp3) is 0.455. The van der Waals surface area contributed by atoms with Crippen molar-refractivity contribution in [2.24, 2.45) is 0 Å². The Kier molecular flexibility index (Phi) is 5.48. The van der Waals surface area contributed by atoms with Crippen molar-refractivity contribution in [1.82, 2.24) is 20.1 Å². The summed E-state index contributed by atoms with van der Waals surface area (Å²) in [6, 6.07) is 12.6. The average molecular weight is 380 g/mol. The molecule has 2 aromatic heterocycles. The third-order valence-electron chi connectivity index (χ3n) is 5.55. The Morgan fingerprint density at radius 3 is 2.96 bits per heavy atom. The van der Waals surface area contributed by atoms with Crippen LogP contribution in [0.4, 0.5) is 5.82 Å². The van der Waals surface area contributed by atoms with E-state index in [1.807, 2.05) is 26.1 Å². The highest BCUT2D eigenvalue weighted by Gasteiger charge is 2.24. The van der Waals surface area contributed by atoms with Gasteiger partial charge in [0.05, 0.1) is 6.04 Å². The van der Waals surface area contributed by atoms with Gasteiger partial charge in [0.2, 0.25) is 0 Å². The summed E-state index contributed by atoms with van der Waals surface area (Å²) >= 11 is 0. The van der Waals surface area contributed by atoms with Crippen LogP contribution in [0.15, 0.2) is 47.4 Å². The summed E-state index contributed by atoms with van der Waals surface area (Å²) in [4.78, 5) is 17.6. The van der Waals surface area contributed by atoms with Crippen LogP contribution < -0.4 is 15.8 Å². The van der Waals surface area contributed by atoms with E-state index < -0.39 is 0 Å². The molecule has 4 rings (SSSR count). The largest absolute Gasteiger partial charge is 0.361 e. The molecule has 2 N–H and O–H groups in total. The maximum atomic E-state index is 12.0. The molecule has 0 spiro atoms. The van der Waals surface area contributed by atoms with E-state index in [0.717, 1.165) is 31.9 Å². The lowest BCUT2D eigenvalue weighted by molar-refractivity contribution is 0.423. The van der Waals surface area contributed by atoms with Gasteiger partial charge >= 0.3 is 0 Å². The Morgan fingerprint density at radius 1 is 1.21 bits per heavy atom. The van der Waals surface area contributed by atoms with Crippen molar-refractivity contribution >= 4 is 16.7 Å². The molecule has 0 aliphatic carbocycles. The van der Waals surface area contributed by atoms with Gasteiger partial charge in [0, 0.05) is 43.5 Å². The van der Waals surface area contributed by atoms with Gasteiger partial charge in [-0.05, 0) is 68.3 Å². The molecular weight excluding hydrogens is 350 g/mol. The first-order chi connectivity index (χ1) is 13.6. The van der Waals surface area contributed by atoms with E-state index in [-0.39, 0.29) is 11.6 Å². The number of hydrogen-bond acceptors (Lipinski definition) is 4. The van der Waals surface area contributed by atoms with Crippen molar-refractivity contribution in [2.45, 2.75) is 51.7 Å². The molecule has 6 nitrogen and oxygen atoms in total. The summed E-state index contributed by atoms with van der Waals surface area (Å²) in [6.07, 6.45) is 5.53. The molecular formula is C22H29N5O. The predicted molar refractivity (Wildman–Crippen MR) is 114 cm³/mol. The zero-order valence-electron chi connectivity index (χ0n) is 16.7. The second kappa shape index (κ2) is 8.19. The predicted octanol–water partition coefficient (Wildman–Crippen LogP) is 3.45. The van der Waals surface area contributed by atoms with Crippen LogP contribution in [0.25, 0.3) is 10.9 Å². The van der Waals surface area contributed by atoms with Gasteiger partial charge in [-0.1, -0.05) is 6.07 Å². The normalized spacial score (nSPS) is 17.5. The summed E-state index contributed by atoms with van der Waals surface area (Å²) in [5, 5.41) is 9.52. The number of aromatic nitrogens is 3. The van der Waals surface area contributed by atoms with Gasteiger partial charge in [0.15, 0.2) is 0 Å². The molecule has 1 aliphatic rings. The molecule has 148 valence electrons. The second-order valence-corrected chi connectivity index (χ2v) is 7.94. The van der Waals surface area contributed by atoms with Crippen molar-refractivity contribution in [3.8, 4) is 0 Å². The lowest BCUT2D eigenvalue weighted by Crippen LogP contribution is -2.46. The second-order valence-electron chi connectivity index (χ2n) is 7.94. The lowest BCUT2D eigenvalue weighted by Gasteiger charge is -2.37. The Hall–Kier alpha value is -2.60. The molecule has 1 atom stereocenters. The number of rotatable bonds is 6. The van der Waals surface area contributed by atoms with Crippen molar-refractivity contribution < 1.29 is 0 Å².